The van der Waals surface area contributed by atoms with Crippen LogP contribution in [0.25, 0.3) is 0 Å². The number of nitrogens with one attached hydrogen (secondary N) is 1. The lowest BCUT2D eigenvalue weighted by atomic mass is 9.81. The maximum atomic E-state index is 13.7. The van der Waals surface area contributed by atoms with Crippen molar-refractivity contribution in [2.45, 2.75) is 39.2 Å². The molecule has 184 valence electrons. The minimum absolute atomic E-state index is 0.0166. The van der Waals surface area contributed by atoms with Crippen LogP contribution in [0.5, 0.6) is 0 Å². The minimum Gasteiger partial charge on any atom is -0.355 e. The standard InChI is InChI=1S/C27H38N4O2S/c1-4-29-14-16-30(17-15-29)13-8-12-28-26(32)24-21-9-5-6-10-22(21)27(33)31(19-20(2)3)25(24)23-11-7-18-34-23/h5-7,9-11,18,20,24-25H,4,8,12-17,19H2,1-3H3,(H,28,32). The number of rotatable bonds is 9. The number of amides is 2. The molecular formula is C27H38N4O2S. The maximum absolute atomic E-state index is 13.7. The third-order valence-electron chi connectivity index (χ3n) is 6.98. The Labute approximate surface area is 207 Å². The second-order valence-electron chi connectivity index (χ2n) is 9.80. The highest BCUT2D eigenvalue weighted by Gasteiger charge is 2.44. The molecule has 0 radical (unpaired) electrons. The monoisotopic (exact) mass is 482 g/mol. The van der Waals surface area contributed by atoms with Gasteiger partial charge in [-0.05, 0) is 48.5 Å². The van der Waals surface area contributed by atoms with Crippen molar-refractivity contribution in [3.05, 3.63) is 57.8 Å². The largest absolute Gasteiger partial charge is 0.355 e. The molecule has 2 aliphatic rings. The Morgan fingerprint density at radius 2 is 1.82 bits per heavy atom. The molecule has 0 saturated carbocycles. The molecule has 1 fully saturated rings. The Balaban J connectivity index is 1.49. The van der Waals surface area contributed by atoms with E-state index in [2.05, 4.69) is 42.0 Å². The number of likely N-dealkylation sites (N-methyl/N-ethyl adjacent to an activating group) is 1. The number of hydrogen-bond donors (Lipinski definition) is 1. The van der Waals surface area contributed by atoms with Gasteiger partial charge in [-0.3, -0.25) is 9.59 Å². The summed E-state index contributed by atoms with van der Waals surface area (Å²) in [5.74, 6) is -0.0474. The first kappa shape index (κ1) is 24.9. The van der Waals surface area contributed by atoms with E-state index in [0.29, 0.717) is 24.6 Å². The lowest BCUT2D eigenvalue weighted by Crippen LogP contribution is -2.49. The number of hydrogen-bond acceptors (Lipinski definition) is 5. The first-order valence-electron chi connectivity index (χ1n) is 12.6. The fourth-order valence-corrected chi connectivity index (χ4v) is 6.07. The highest BCUT2D eigenvalue weighted by molar-refractivity contribution is 7.10. The van der Waals surface area contributed by atoms with Crippen LogP contribution >= 0.6 is 11.3 Å². The zero-order valence-electron chi connectivity index (χ0n) is 20.7. The predicted octanol–water partition coefficient (Wildman–Crippen LogP) is 3.83. The van der Waals surface area contributed by atoms with Gasteiger partial charge in [0.1, 0.15) is 0 Å². The molecule has 2 atom stereocenters. The zero-order valence-corrected chi connectivity index (χ0v) is 21.5. The van der Waals surface area contributed by atoms with E-state index >= 15 is 0 Å². The molecule has 2 amide bonds. The summed E-state index contributed by atoms with van der Waals surface area (Å²) in [6.45, 7) is 14.3. The Bertz CT molecular complexity index is 953. The van der Waals surface area contributed by atoms with Gasteiger partial charge >= 0.3 is 0 Å². The fraction of sp³-hybridized carbons (Fsp3) is 0.556. The Morgan fingerprint density at radius 1 is 1.09 bits per heavy atom. The molecule has 2 unspecified atom stereocenters. The van der Waals surface area contributed by atoms with Gasteiger partial charge in [-0.15, -0.1) is 11.3 Å². The molecular weight excluding hydrogens is 444 g/mol. The topological polar surface area (TPSA) is 55.9 Å². The number of nitrogens with zero attached hydrogens (tertiary/aromatic N) is 3. The van der Waals surface area contributed by atoms with E-state index in [-0.39, 0.29) is 17.9 Å². The second kappa shape index (κ2) is 11.5. The van der Waals surface area contributed by atoms with Gasteiger partial charge in [0, 0.05) is 49.7 Å². The smallest absolute Gasteiger partial charge is 0.254 e. The van der Waals surface area contributed by atoms with Crippen LogP contribution in [-0.4, -0.2) is 78.9 Å². The molecule has 6 nitrogen and oxygen atoms in total. The van der Waals surface area contributed by atoms with Gasteiger partial charge < -0.3 is 20.0 Å². The summed E-state index contributed by atoms with van der Waals surface area (Å²) in [5, 5.41) is 5.25. The third-order valence-corrected chi connectivity index (χ3v) is 7.92. The van der Waals surface area contributed by atoms with Gasteiger partial charge in [-0.2, -0.15) is 0 Å². The van der Waals surface area contributed by atoms with Gasteiger partial charge in [-0.1, -0.05) is 45.0 Å². The van der Waals surface area contributed by atoms with Gasteiger partial charge in [0.2, 0.25) is 5.91 Å². The summed E-state index contributed by atoms with van der Waals surface area (Å²) in [7, 11) is 0. The van der Waals surface area contributed by atoms with Crippen LogP contribution in [0.4, 0.5) is 0 Å². The number of carbonyl (C=O) groups is 2. The number of benzene rings is 1. The van der Waals surface area contributed by atoms with Crippen LogP contribution in [0.2, 0.25) is 0 Å². The van der Waals surface area contributed by atoms with Crippen molar-refractivity contribution in [1.82, 2.24) is 20.0 Å². The van der Waals surface area contributed by atoms with Crippen molar-refractivity contribution < 1.29 is 9.59 Å². The van der Waals surface area contributed by atoms with E-state index < -0.39 is 5.92 Å². The van der Waals surface area contributed by atoms with Gasteiger partial charge in [0.25, 0.3) is 5.91 Å². The van der Waals surface area contributed by atoms with Crippen LogP contribution in [0.3, 0.4) is 0 Å². The molecule has 3 heterocycles. The molecule has 1 N–H and O–H groups in total. The SMILES string of the molecule is CCN1CCN(CCCNC(=O)C2c3ccccc3C(=O)N(CC(C)C)C2c2cccs2)CC1. The average molecular weight is 483 g/mol. The second-order valence-corrected chi connectivity index (χ2v) is 10.8. The number of carbonyl (C=O) groups excluding carboxylic acids is 2. The molecule has 0 spiro atoms. The molecule has 0 aliphatic carbocycles. The van der Waals surface area contributed by atoms with Crippen LogP contribution in [-0.2, 0) is 4.79 Å². The van der Waals surface area contributed by atoms with Crippen LogP contribution in [0.15, 0.2) is 41.8 Å². The summed E-state index contributed by atoms with van der Waals surface area (Å²) >= 11 is 1.62. The molecule has 1 aromatic heterocycles. The number of fused-ring (bicyclic) bond motifs is 1. The molecule has 7 heteroatoms. The average Bonchev–Trinajstić information content (AvgIpc) is 3.38. The lowest BCUT2D eigenvalue weighted by Gasteiger charge is -2.42. The number of piperazine rings is 1. The summed E-state index contributed by atoms with van der Waals surface area (Å²) in [6.07, 6.45) is 0.935. The van der Waals surface area contributed by atoms with Crippen molar-refractivity contribution in [3.8, 4) is 0 Å². The van der Waals surface area contributed by atoms with E-state index in [9.17, 15) is 9.59 Å². The fourth-order valence-electron chi connectivity index (χ4n) is 5.20. The molecule has 1 aromatic carbocycles. The van der Waals surface area contributed by atoms with Crippen molar-refractivity contribution in [2.24, 2.45) is 5.92 Å². The van der Waals surface area contributed by atoms with E-state index in [0.717, 1.165) is 56.1 Å². The maximum Gasteiger partial charge on any atom is 0.254 e. The van der Waals surface area contributed by atoms with Crippen molar-refractivity contribution in [3.63, 3.8) is 0 Å². The lowest BCUT2D eigenvalue weighted by molar-refractivity contribution is -0.124. The quantitative estimate of drug-likeness (QED) is 0.552. The van der Waals surface area contributed by atoms with Gasteiger partial charge in [0.15, 0.2) is 0 Å². The normalized spacial score (nSPS) is 21.6. The molecule has 2 aromatic rings. The molecule has 1 saturated heterocycles. The zero-order chi connectivity index (χ0) is 24.1. The van der Waals surface area contributed by atoms with Crippen molar-refractivity contribution >= 4 is 23.2 Å². The van der Waals surface area contributed by atoms with E-state index in [1.165, 1.54) is 0 Å². The summed E-state index contributed by atoms with van der Waals surface area (Å²) in [4.78, 5) is 35.1. The van der Waals surface area contributed by atoms with Gasteiger partial charge in [-0.25, -0.2) is 0 Å². The van der Waals surface area contributed by atoms with E-state index in [4.69, 9.17) is 0 Å². The first-order valence-corrected chi connectivity index (χ1v) is 13.5. The highest BCUT2D eigenvalue weighted by Crippen LogP contribution is 2.44. The van der Waals surface area contributed by atoms with E-state index in [1.54, 1.807) is 11.3 Å². The van der Waals surface area contributed by atoms with Crippen LogP contribution in [0, 0.1) is 5.92 Å². The Hall–Kier alpha value is -2.22. The predicted molar refractivity (Wildman–Crippen MR) is 138 cm³/mol. The van der Waals surface area contributed by atoms with Crippen molar-refractivity contribution in [2.75, 3.05) is 52.4 Å². The Kier molecular flexibility index (Phi) is 8.40. The molecule has 34 heavy (non-hydrogen) atoms. The molecule has 2 aliphatic heterocycles. The third kappa shape index (κ3) is 5.53. The van der Waals surface area contributed by atoms with Crippen LogP contribution < -0.4 is 5.32 Å². The summed E-state index contributed by atoms with van der Waals surface area (Å²) < 4.78 is 0. The van der Waals surface area contributed by atoms with Crippen molar-refractivity contribution in [1.29, 1.82) is 0 Å². The summed E-state index contributed by atoms with van der Waals surface area (Å²) in [5.41, 5.74) is 1.50. The molecule has 4 rings (SSSR count). The Morgan fingerprint density at radius 3 is 2.50 bits per heavy atom. The minimum atomic E-state index is -0.403. The van der Waals surface area contributed by atoms with Gasteiger partial charge in [0.05, 0.1) is 12.0 Å². The summed E-state index contributed by atoms with van der Waals surface area (Å²) in [6, 6.07) is 11.4. The first-order chi connectivity index (χ1) is 16.5. The molecule has 0 bridgehead atoms. The highest BCUT2D eigenvalue weighted by atomic mass is 32.1. The van der Waals surface area contributed by atoms with Crippen LogP contribution in [0.1, 0.15) is 60.0 Å². The number of thiophene rings is 1. The van der Waals surface area contributed by atoms with E-state index in [1.807, 2.05) is 40.6 Å².